The molecule has 1 fully saturated rings. The summed E-state index contributed by atoms with van der Waals surface area (Å²) in [4.78, 5) is 34.1. The number of aromatic nitrogens is 2. The molecule has 2 rings (SSSR count). The van der Waals surface area contributed by atoms with E-state index in [0.29, 0.717) is 5.56 Å². The predicted molar refractivity (Wildman–Crippen MR) is 111 cm³/mol. The van der Waals surface area contributed by atoms with E-state index in [0.717, 1.165) is 0 Å². The van der Waals surface area contributed by atoms with Crippen molar-refractivity contribution < 1.29 is 28.3 Å². The zero-order chi connectivity index (χ0) is 21.6. The molecule has 1 saturated heterocycles. The van der Waals surface area contributed by atoms with Crippen LogP contribution in [0.15, 0.2) is 11.0 Å². The number of ether oxygens (including phenoxy) is 2. The van der Waals surface area contributed by atoms with Crippen LogP contribution in [0.5, 0.6) is 0 Å². The Bertz CT molecular complexity index is 868. The number of nitrogens with zero attached hydrogens (tertiary/aromatic N) is 2. The minimum absolute atomic E-state index is 0.0237. The van der Waals surface area contributed by atoms with Gasteiger partial charge < -0.3 is 30.7 Å². The minimum atomic E-state index is -4.69. The quantitative estimate of drug-likeness (QED) is 0.179. The Balaban J connectivity index is 2.27. The van der Waals surface area contributed by atoms with Crippen molar-refractivity contribution >= 4 is 35.2 Å². The van der Waals surface area contributed by atoms with Gasteiger partial charge >= 0.3 is 13.5 Å². The lowest BCUT2D eigenvalue weighted by Crippen LogP contribution is -2.31. The Kier molecular flexibility index (Phi) is 9.02. The van der Waals surface area contributed by atoms with Crippen LogP contribution in [-0.4, -0.2) is 56.4 Å². The second-order valence-corrected chi connectivity index (χ2v) is 9.90. The van der Waals surface area contributed by atoms with Gasteiger partial charge in [-0.1, -0.05) is 33.4 Å². The van der Waals surface area contributed by atoms with Crippen LogP contribution in [0.1, 0.15) is 25.1 Å². The van der Waals surface area contributed by atoms with Crippen LogP contribution >= 0.6 is 29.4 Å². The largest absolute Gasteiger partial charge is 0.469 e. The molecular formula is C15H23N4O7PS2. The Morgan fingerprint density at radius 2 is 2.28 bits per heavy atom. The van der Waals surface area contributed by atoms with E-state index in [2.05, 4.69) is 21.3 Å². The highest BCUT2D eigenvalue weighted by Gasteiger charge is 2.40. The highest BCUT2D eigenvalue weighted by molar-refractivity contribution is 8.76. The summed E-state index contributed by atoms with van der Waals surface area (Å²) >= 11 is 0. The van der Waals surface area contributed by atoms with Crippen molar-refractivity contribution in [3.8, 4) is 11.8 Å². The third-order valence-electron chi connectivity index (χ3n) is 3.80. The molecule has 0 bridgehead atoms. The second-order valence-electron chi connectivity index (χ2n) is 5.89. The van der Waals surface area contributed by atoms with Gasteiger partial charge in [0.2, 0.25) is 0 Å². The summed E-state index contributed by atoms with van der Waals surface area (Å²) in [5.41, 5.74) is 10.6. The van der Waals surface area contributed by atoms with E-state index in [1.807, 2.05) is 13.2 Å². The van der Waals surface area contributed by atoms with Crippen LogP contribution in [0.2, 0.25) is 0 Å². The molecule has 0 amide bonds. The summed E-state index contributed by atoms with van der Waals surface area (Å²) in [6.45, 7) is 1.55. The number of hydrogen-bond acceptors (Lipinski definition) is 10. The van der Waals surface area contributed by atoms with Crippen LogP contribution in [-0.2, 0) is 18.6 Å². The smallest absolute Gasteiger partial charge is 0.382 e. The van der Waals surface area contributed by atoms with E-state index in [1.165, 1.54) is 32.4 Å². The molecule has 6 N–H and O–H groups in total. The Hall–Kier alpha value is -1.07. The van der Waals surface area contributed by atoms with Crippen molar-refractivity contribution in [2.24, 2.45) is 5.73 Å². The topological polar surface area (TPSA) is 172 Å². The van der Waals surface area contributed by atoms with Gasteiger partial charge in [-0.2, -0.15) is 4.98 Å². The number of nitrogen functional groups attached to an aromatic ring is 1. The van der Waals surface area contributed by atoms with Crippen LogP contribution in [0.25, 0.3) is 0 Å². The number of nitrogens with two attached hydrogens (primary N) is 2. The molecule has 1 aliphatic heterocycles. The molecule has 0 aromatic carbocycles. The van der Waals surface area contributed by atoms with E-state index in [1.54, 1.807) is 0 Å². The molecule has 4 atom stereocenters. The molecule has 1 aromatic heterocycles. The van der Waals surface area contributed by atoms with Crippen molar-refractivity contribution in [2.45, 2.75) is 37.2 Å². The first kappa shape index (κ1) is 24.2. The first-order valence-electron chi connectivity index (χ1n) is 8.42. The zero-order valence-corrected chi connectivity index (χ0v) is 18.3. The van der Waals surface area contributed by atoms with Gasteiger partial charge in [-0.15, -0.1) is 0 Å². The fourth-order valence-electron chi connectivity index (χ4n) is 2.67. The maximum atomic E-state index is 12.3. The zero-order valence-electron chi connectivity index (χ0n) is 15.8. The van der Waals surface area contributed by atoms with Crippen molar-refractivity contribution in [3.63, 3.8) is 0 Å². The van der Waals surface area contributed by atoms with E-state index in [-0.39, 0.29) is 24.2 Å². The Morgan fingerprint density at radius 1 is 1.55 bits per heavy atom. The summed E-state index contributed by atoms with van der Waals surface area (Å²) in [6, 6.07) is 0. The maximum Gasteiger partial charge on any atom is 0.469 e. The average Bonchev–Trinajstić information content (AvgIpc) is 3.01. The normalized spacial score (nSPS) is 22.9. The summed E-state index contributed by atoms with van der Waals surface area (Å²) in [5, 5.41) is 0. The fourth-order valence-corrected chi connectivity index (χ4v) is 4.42. The molecule has 0 saturated carbocycles. The highest BCUT2D eigenvalue weighted by atomic mass is 33.1. The lowest BCUT2D eigenvalue weighted by molar-refractivity contribution is -0.0634. The van der Waals surface area contributed by atoms with Crippen LogP contribution < -0.4 is 17.2 Å². The van der Waals surface area contributed by atoms with Gasteiger partial charge in [0.05, 0.1) is 24.8 Å². The lowest BCUT2D eigenvalue weighted by atomic mass is 10.2. The van der Waals surface area contributed by atoms with Crippen LogP contribution in [0.3, 0.4) is 0 Å². The second kappa shape index (κ2) is 10.8. The highest BCUT2D eigenvalue weighted by Crippen LogP contribution is 2.39. The third-order valence-corrected chi connectivity index (χ3v) is 6.25. The molecule has 1 unspecified atom stereocenters. The monoisotopic (exact) mass is 466 g/mol. The first-order valence-corrected chi connectivity index (χ1v) is 12.6. The van der Waals surface area contributed by atoms with Gasteiger partial charge in [0.1, 0.15) is 23.6 Å². The van der Waals surface area contributed by atoms with Crippen LogP contribution in [0.4, 0.5) is 5.82 Å². The number of rotatable bonds is 8. The molecule has 11 nitrogen and oxygen atoms in total. The molecule has 0 spiro atoms. The van der Waals surface area contributed by atoms with Crippen molar-refractivity contribution in [1.29, 1.82) is 0 Å². The molecule has 1 aromatic rings. The summed E-state index contributed by atoms with van der Waals surface area (Å²) in [5.74, 6) is 5.36. The van der Waals surface area contributed by atoms with Crippen LogP contribution in [0, 0.1) is 11.8 Å². The van der Waals surface area contributed by atoms with E-state index < -0.39 is 38.6 Å². The van der Waals surface area contributed by atoms with Gasteiger partial charge in [-0.3, -0.25) is 9.09 Å². The Morgan fingerprint density at radius 3 is 2.90 bits per heavy atom. The van der Waals surface area contributed by atoms with Crippen molar-refractivity contribution in [2.75, 3.05) is 25.1 Å². The summed E-state index contributed by atoms with van der Waals surface area (Å²) in [6.07, 6.45) is 1.39. The standard InChI is InChI=1S/C15H23N4O7PS2/c1-9(29-28-2)25-11-6-13(26-12(11)8-24-27(21,22)23)19-7-10(4-3-5-16)14(17)18-15(19)20/h7,9,11-13H,5-6,8,16H2,1-2H3,(H2,17,18,20)(H2,21,22,23)/t9-,11?,12-,13-/m1/s1. The average molecular weight is 466 g/mol. The van der Waals surface area contributed by atoms with Crippen molar-refractivity contribution in [1.82, 2.24) is 9.55 Å². The van der Waals surface area contributed by atoms with E-state index >= 15 is 0 Å². The van der Waals surface area contributed by atoms with Gasteiger partial charge in [0.15, 0.2) is 0 Å². The fraction of sp³-hybridized carbons (Fsp3) is 0.600. The van der Waals surface area contributed by atoms with Gasteiger partial charge in [0, 0.05) is 12.6 Å². The Labute approximate surface area is 175 Å². The molecule has 0 radical (unpaired) electrons. The molecule has 29 heavy (non-hydrogen) atoms. The number of hydrogen-bond donors (Lipinski definition) is 4. The van der Waals surface area contributed by atoms with E-state index in [4.69, 9.17) is 30.7 Å². The maximum absolute atomic E-state index is 12.3. The molecule has 0 aliphatic carbocycles. The molecule has 162 valence electrons. The van der Waals surface area contributed by atoms with Gasteiger partial charge in [-0.05, 0) is 13.2 Å². The lowest BCUT2D eigenvalue weighted by Gasteiger charge is -2.22. The molecular weight excluding hydrogens is 443 g/mol. The summed E-state index contributed by atoms with van der Waals surface area (Å²) in [7, 11) is -1.70. The van der Waals surface area contributed by atoms with Gasteiger partial charge in [0.25, 0.3) is 0 Å². The number of anilines is 1. The predicted octanol–water partition coefficient (Wildman–Crippen LogP) is 0.275. The summed E-state index contributed by atoms with van der Waals surface area (Å²) < 4.78 is 28.6. The number of phosphoric acid groups is 1. The number of phosphoric ester groups is 1. The molecule has 1 aliphatic rings. The van der Waals surface area contributed by atoms with E-state index in [9.17, 15) is 9.36 Å². The minimum Gasteiger partial charge on any atom is -0.382 e. The molecule has 14 heteroatoms. The molecule has 2 heterocycles. The SMILES string of the molecule is CSS[C@H](C)OC1C[C@H](n2cc(C#CCN)c(N)nc2=O)O[C@@H]1COP(=O)(O)O. The van der Waals surface area contributed by atoms with Gasteiger partial charge in [-0.25, -0.2) is 9.36 Å². The van der Waals surface area contributed by atoms with Crippen molar-refractivity contribution in [3.05, 3.63) is 22.2 Å². The third kappa shape index (κ3) is 7.29. The first-order chi connectivity index (χ1) is 13.6.